The number of nitrogens with zero attached hydrogens (tertiary/aromatic N) is 2. The van der Waals surface area contributed by atoms with Crippen LogP contribution in [0.1, 0.15) is 5.56 Å². The number of thioether (sulfide) groups is 1. The number of hydrazone groups is 1. The Hall–Kier alpha value is -2.47. The van der Waals surface area contributed by atoms with Crippen molar-refractivity contribution in [2.75, 3.05) is 19.0 Å². The average molecular weight is 325 g/mol. The van der Waals surface area contributed by atoms with Crippen molar-refractivity contribution in [2.45, 2.75) is 0 Å². The Labute approximate surface area is 138 Å². The largest absolute Gasteiger partial charge is 0.486 e. The number of benzene rings is 2. The molecular formula is C17H15N3O2S. The van der Waals surface area contributed by atoms with Gasteiger partial charge in [0.1, 0.15) is 13.2 Å². The number of aliphatic imine (C=N–C) groups is 1. The monoisotopic (exact) mass is 325 g/mol. The second-order valence-electron chi connectivity index (χ2n) is 5.07. The number of rotatable bonds is 2. The second-order valence-corrected chi connectivity index (χ2v) is 6.03. The average Bonchev–Trinajstić information content (AvgIpc) is 2.63. The van der Waals surface area contributed by atoms with Crippen LogP contribution in [0.2, 0.25) is 0 Å². The maximum atomic E-state index is 5.62. The van der Waals surface area contributed by atoms with Gasteiger partial charge in [-0.15, -0.1) is 0 Å². The van der Waals surface area contributed by atoms with Gasteiger partial charge in [-0.2, -0.15) is 5.10 Å². The van der Waals surface area contributed by atoms with Crippen LogP contribution in [0.3, 0.4) is 0 Å². The molecule has 4 rings (SSSR count). The zero-order valence-corrected chi connectivity index (χ0v) is 13.2. The fourth-order valence-corrected chi connectivity index (χ4v) is 3.15. The van der Waals surface area contributed by atoms with Gasteiger partial charge in [0.2, 0.25) is 0 Å². The summed E-state index contributed by atoms with van der Waals surface area (Å²) in [6.45, 7) is 1.19. The van der Waals surface area contributed by atoms with Gasteiger partial charge in [0.15, 0.2) is 16.7 Å². The molecule has 0 radical (unpaired) electrons. The van der Waals surface area contributed by atoms with Crippen LogP contribution in [-0.4, -0.2) is 29.8 Å². The summed E-state index contributed by atoms with van der Waals surface area (Å²) in [6, 6.07) is 15.8. The summed E-state index contributed by atoms with van der Waals surface area (Å²) < 4.78 is 11.2. The van der Waals surface area contributed by atoms with Crippen LogP contribution in [-0.2, 0) is 0 Å². The summed E-state index contributed by atoms with van der Waals surface area (Å²) >= 11 is 1.63. The molecule has 116 valence electrons. The number of amidine groups is 1. The molecule has 23 heavy (non-hydrogen) atoms. The molecule has 0 amide bonds. The molecule has 1 N–H and O–H groups in total. The number of hydrogen-bond donors (Lipinski definition) is 1. The molecule has 0 spiro atoms. The minimum Gasteiger partial charge on any atom is -0.486 e. The SMILES string of the molecule is c1ccc(N=C2NN=C(c3ccc4c(c3)OCCO4)CS2)cc1. The normalized spacial score (nSPS) is 18.3. The van der Waals surface area contributed by atoms with Crippen molar-refractivity contribution in [2.24, 2.45) is 10.1 Å². The third-order valence-electron chi connectivity index (χ3n) is 3.49. The molecule has 6 heteroatoms. The molecule has 0 aliphatic carbocycles. The van der Waals surface area contributed by atoms with Gasteiger partial charge in [-0.3, -0.25) is 5.43 Å². The summed E-state index contributed by atoms with van der Waals surface area (Å²) in [4.78, 5) is 4.53. The summed E-state index contributed by atoms with van der Waals surface area (Å²) in [7, 11) is 0. The van der Waals surface area contributed by atoms with Crippen LogP contribution in [0, 0.1) is 0 Å². The Morgan fingerprint density at radius 1 is 1.00 bits per heavy atom. The highest BCUT2D eigenvalue weighted by atomic mass is 32.2. The predicted molar refractivity (Wildman–Crippen MR) is 93.1 cm³/mol. The highest BCUT2D eigenvalue weighted by Crippen LogP contribution is 2.31. The molecular weight excluding hydrogens is 310 g/mol. The Balaban J connectivity index is 1.52. The minimum atomic E-state index is 0.587. The zero-order valence-electron chi connectivity index (χ0n) is 12.4. The Bertz CT molecular complexity index is 775. The lowest BCUT2D eigenvalue weighted by Crippen LogP contribution is -2.25. The number of para-hydroxylation sites is 1. The number of nitrogens with one attached hydrogen (secondary N) is 1. The summed E-state index contributed by atoms with van der Waals surface area (Å²) in [5, 5.41) is 5.25. The molecule has 2 aliphatic heterocycles. The highest BCUT2D eigenvalue weighted by Gasteiger charge is 2.17. The third kappa shape index (κ3) is 3.17. The minimum absolute atomic E-state index is 0.587. The molecule has 0 atom stereocenters. The lowest BCUT2D eigenvalue weighted by Gasteiger charge is -2.20. The van der Waals surface area contributed by atoms with Crippen molar-refractivity contribution >= 4 is 28.3 Å². The van der Waals surface area contributed by atoms with E-state index in [1.54, 1.807) is 11.8 Å². The van der Waals surface area contributed by atoms with E-state index in [-0.39, 0.29) is 0 Å². The van der Waals surface area contributed by atoms with Crippen molar-refractivity contribution in [1.82, 2.24) is 5.43 Å². The van der Waals surface area contributed by atoms with E-state index in [9.17, 15) is 0 Å². The van der Waals surface area contributed by atoms with E-state index in [1.165, 1.54) is 0 Å². The molecule has 2 aromatic rings. The standard InChI is InChI=1S/C17H15N3O2S/c1-2-4-13(5-3-1)18-17-20-19-14(11-23-17)12-6-7-15-16(10-12)22-9-8-21-15/h1-7,10H,8-9,11H2,(H,18,20). The van der Waals surface area contributed by atoms with Crippen molar-refractivity contribution in [3.8, 4) is 11.5 Å². The zero-order chi connectivity index (χ0) is 15.5. The predicted octanol–water partition coefficient (Wildman–Crippen LogP) is 3.19. The number of fused-ring (bicyclic) bond motifs is 1. The van der Waals surface area contributed by atoms with Crippen molar-refractivity contribution in [1.29, 1.82) is 0 Å². The van der Waals surface area contributed by atoms with Gasteiger partial charge in [0.25, 0.3) is 0 Å². The number of hydrogen-bond acceptors (Lipinski definition) is 5. The van der Waals surface area contributed by atoms with Crippen molar-refractivity contribution in [3.05, 3.63) is 54.1 Å². The van der Waals surface area contributed by atoms with E-state index in [2.05, 4.69) is 15.5 Å². The maximum absolute atomic E-state index is 5.62. The smallest absolute Gasteiger partial charge is 0.182 e. The van der Waals surface area contributed by atoms with Crippen LogP contribution in [0.25, 0.3) is 0 Å². The maximum Gasteiger partial charge on any atom is 0.182 e. The van der Waals surface area contributed by atoms with E-state index in [0.29, 0.717) is 13.2 Å². The first kappa shape index (κ1) is 14.1. The fraction of sp³-hybridized carbons (Fsp3) is 0.176. The lowest BCUT2D eigenvalue weighted by molar-refractivity contribution is 0.171. The van der Waals surface area contributed by atoms with E-state index >= 15 is 0 Å². The molecule has 2 aromatic carbocycles. The van der Waals surface area contributed by atoms with Gasteiger partial charge in [-0.25, -0.2) is 4.99 Å². The summed E-state index contributed by atoms with van der Waals surface area (Å²) in [6.07, 6.45) is 0. The lowest BCUT2D eigenvalue weighted by atomic mass is 10.1. The van der Waals surface area contributed by atoms with Gasteiger partial charge >= 0.3 is 0 Å². The fourth-order valence-electron chi connectivity index (χ4n) is 2.36. The third-order valence-corrected chi connectivity index (χ3v) is 4.37. The number of ether oxygens (including phenoxy) is 2. The van der Waals surface area contributed by atoms with Gasteiger partial charge in [0.05, 0.1) is 11.4 Å². The molecule has 2 heterocycles. The Morgan fingerprint density at radius 3 is 2.61 bits per heavy atom. The second kappa shape index (κ2) is 6.34. The molecule has 0 aromatic heterocycles. The first-order valence-corrected chi connectivity index (χ1v) is 8.36. The van der Waals surface area contributed by atoms with Crippen LogP contribution in [0.4, 0.5) is 5.69 Å². The van der Waals surface area contributed by atoms with Crippen LogP contribution in [0.15, 0.2) is 58.6 Å². The van der Waals surface area contributed by atoms with Crippen molar-refractivity contribution < 1.29 is 9.47 Å². The van der Waals surface area contributed by atoms with Crippen molar-refractivity contribution in [3.63, 3.8) is 0 Å². The van der Waals surface area contributed by atoms with Gasteiger partial charge in [0, 0.05) is 11.3 Å². The Kier molecular flexibility index (Phi) is 3.90. The summed E-state index contributed by atoms with van der Waals surface area (Å²) in [5.74, 6) is 2.34. The quantitative estimate of drug-likeness (QED) is 0.921. The van der Waals surface area contributed by atoms with Gasteiger partial charge in [-0.05, 0) is 30.3 Å². The van der Waals surface area contributed by atoms with E-state index < -0.39 is 0 Å². The first-order valence-electron chi connectivity index (χ1n) is 7.38. The van der Waals surface area contributed by atoms with E-state index in [1.807, 2.05) is 48.5 Å². The van der Waals surface area contributed by atoms with E-state index in [4.69, 9.17) is 9.47 Å². The topological polar surface area (TPSA) is 55.2 Å². The molecule has 2 aliphatic rings. The van der Waals surface area contributed by atoms with Crippen LogP contribution in [0.5, 0.6) is 11.5 Å². The molecule has 0 saturated heterocycles. The molecule has 0 saturated carbocycles. The first-order chi connectivity index (χ1) is 11.4. The van der Waals surface area contributed by atoms with Crippen LogP contribution < -0.4 is 14.9 Å². The molecule has 0 fully saturated rings. The summed E-state index contributed by atoms with van der Waals surface area (Å²) in [5.41, 5.74) is 5.95. The van der Waals surface area contributed by atoms with Gasteiger partial charge in [-0.1, -0.05) is 30.0 Å². The molecule has 5 nitrogen and oxygen atoms in total. The van der Waals surface area contributed by atoms with E-state index in [0.717, 1.165) is 39.4 Å². The molecule has 0 unspecified atom stereocenters. The van der Waals surface area contributed by atoms with Gasteiger partial charge < -0.3 is 9.47 Å². The highest BCUT2D eigenvalue weighted by molar-refractivity contribution is 8.14. The molecule has 0 bridgehead atoms. The van der Waals surface area contributed by atoms with Crippen LogP contribution >= 0.6 is 11.8 Å². The Morgan fingerprint density at radius 2 is 1.83 bits per heavy atom.